The lowest BCUT2D eigenvalue weighted by atomic mass is 10.1. The van der Waals surface area contributed by atoms with Gasteiger partial charge in [0.1, 0.15) is 10.6 Å². The number of hydrogen-bond donors (Lipinski definition) is 0. The van der Waals surface area contributed by atoms with Crippen LogP contribution in [0, 0.1) is 6.92 Å². The fourth-order valence-corrected chi connectivity index (χ4v) is 5.51. The summed E-state index contributed by atoms with van der Waals surface area (Å²) in [4.78, 5) is 10.6. The number of aryl methyl sites for hydroxylation is 1. The van der Waals surface area contributed by atoms with E-state index in [-0.39, 0.29) is 19.1 Å². The van der Waals surface area contributed by atoms with Gasteiger partial charge in [0, 0.05) is 49.5 Å². The van der Waals surface area contributed by atoms with Gasteiger partial charge in [-0.3, -0.25) is 14.9 Å². The lowest BCUT2D eigenvalue weighted by molar-refractivity contribution is -0.275. The zero-order chi connectivity index (χ0) is 23.8. The van der Waals surface area contributed by atoms with Crippen LogP contribution in [0.1, 0.15) is 24.4 Å². The Morgan fingerprint density at radius 1 is 1.03 bits per heavy atom. The predicted octanol–water partition coefficient (Wildman–Crippen LogP) is 3.90. The summed E-state index contributed by atoms with van der Waals surface area (Å²) in [5.41, 5.74) is 2.59. The number of alkyl halides is 3. The van der Waals surface area contributed by atoms with Gasteiger partial charge in [0.15, 0.2) is 0 Å². The molecule has 3 heterocycles. The molecule has 1 aliphatic rings. The Hall–Kier alpha value is -2.76. The third-order valence-corrected chi connectivity index (χ3v) is 7.72. The van der Waals surface area contributed by atoms with Gasteiger partial charge in [-0.1, -0.05) is 12.1 Å². The number of ether oxygens (including phenoxy) is 1. The maximum Gasteiger partial charge on any atom is 0.573 e. The smallest absolute Gasteiger partial charge is 0.404 e. The average molecular weight is 481 g/mol. The summed E-state index contributed by atoms with van der Waals surface area (Å²) in [5.74, 6) is -0.731. The van der Waals surface area contributed by atoms with E-state index in [1.807, 2.05) is 32.0 Å². The van der Waals surface area contributed by atoms with Gasteiger partial charge in [0.25, 0.3) is 0 Å². The van der Waals surface area contributed by atoms with E-state index in [1.54, 1.807) is 6.20 Å². The summed E-state index contributed by atoms with van der Waals surface area (Å²) >= 11 is 0. The Labute approximate surface area is 189 Å². The van der Waals surface area contributed by atoms with E-state index in [1.165, 1.54) is 16.4 Å². The number of piperazine rings is 1. The minimum Gasteiger partial charge on any atom is -0.404 e. The molecule has 2 aromatic heterocycles. The van der Waals surface area contributed by atoms with Crippen molar-refractivity contribution in [3.05, 3.63) is 60.0 Å². The molecule has 176 valence electrons. The van der Waals surface area contributed by atoms with Crippen molar-refractivity contribution in [3.8, 4) is 5.75 Å². The summed E-state index contributed by atoms with van der Waals surface area (Å²) in [6, 6.07) is 10.5. The van der Waals surface area contributed by atoms with E-state index < -0.39 is 27.0 Å². The van der Waals surface area contributed by atoms with Crippen LogP contribution in [0.15, 0.2) is 53.6 Å². The first-order chi connectivity index (χ1) is 15.6. The molecule has 0 spiro atoms. The van der Waals surface area contributed by atoms with Crippen LogP contribution in [0.25, 0.3) is 10.9 Å². The molecule has 0 N–H and O–H groups in total. The molecule has 0 radical (unpaired) electrons. The third-order valence-electron chi connectivity index (χ3n) is 5.78. The zero-order valence-electron chi connectivity index (χ0n) is 18.1. The van der Waals surface area contributed by atoms with E-state index in [0.29, 0.717) is 13.1 Å². The van der Waals surface area contributed by atoms with Crippen molar-refractivity contribution in [2.75, 3.05) is 26.2 Å². The molecule has 1 saturated heterocycles. The van der Waals surface area contributed by atoms with Crippen molar-refractivity contribution >= 4 is 20.9 Å². The molecule has 1 aliphatic heterocycles. The topological polar surface area (TPSA) is 75.6 Å². The summed E-state index contributed by atoms with van der Waals surface area (Å²) in [6.07, 6.45) is -3.27. The van der Waals surface area contributed by atoms with Crippen molar-refractivity contribution in [2.45, 2.75) is 31.1 Å². The number of rotatable bonds is 5. The Morgan fingerprint density at radius 2 is 1.73 bits per heavy atom. The van der Waals surface area contributed by atoms with Crippen molar-refractivity contribution in [3.63, 3.8) is 0 Å². The van der Waals surface area contributed by atoms with Crippen molar-refractivity contribution in [1.82, 2.24) is 19.2 Å². The number of aromatic nitrogens is 2. The van der Waals surface area contributed by atoms with Gasteiger partial charge in [-0.25, -0.2) is 8.42 Å². The van der Waals surface area contributed by atoms with E-state index in [9.17, 15) is 21.6 Å². The average Bonchev–Trinajstić information content (AvgIpc) is 2.78. The molecule has 1 aromatic carbocycles. The molecule has 7 nitrogen and oxygen atoms in total. The number of halogens is 3. The summed E-state index contributed by atoms with van der Waals surface area (Å²) < 4.78 is 69.4. The van der Waals surface area contributed by atoms with Crippen molar-refractivity contribution < 1.29 is 26.3 Å². The molecule has 1 unspecified atom stereocenters. The van der Waals surface area contributed by atoms with Crippen molar-refractivity contribution in [2.24, 2.45) is 0 Å². The van der Waals surface area contributed by atoms with E-state index in [2.05, 4.69) is 14.6 Å². The van der Waals surface area contributed by atoms with Gasteiger partial charge in [-0.15, -0.1) is 13.2 Å². The van der Waals surface area contributed by atoms with Crippen molar-refractivity contribution in [1.29, 1.82) is 0 Å². The normalized spacial score (nSPS) is 17.2. The molecule has 33 heavy (non-hydrogen) atoms. The molecule has 1 fully saturated rings. The molecule has 0 saturated carbocycles. The number of para-hydroxylation sites is 1. The van der Waals surface area contributed by atoms with Crippen LogP contribution in [-0.4, -0.2) is 60.1 Å². The minimum absolute atomic E-state index is 0.0615. The Kier molecular flexibility index (Phi) is 6.30. The second-order valence-electron chi connectivity index (χ2n) is 7.81. The van der Waals surface area contributed by atoms with Crippen LogP contribution in [0.5, 0.6) is 5.75 Å². The van der Waals surface area contributed by atoms with Crippen LogP contribution in [-0.2, 0) is 10.0 Å². The first-order valence-electron chi connectivity index (χ1n) is 10.4. The molecule has 4 rings (SSSR count). The van der Waals surface area contributed by atoms with E-state index >= 15 is 0 Å². The molecular weight excluding hydrogens is 457 g/mol. The summed E-state index contributed by atoms with van der Waals surface area (Å²) in [6.45, 7) is 5.03. The van der Waals surface area contributed by atoms with E-state index in [0.717, 1.165) is 34.4 Å². The van der Waals surface area contributed by atoms with Crippen LogP contribution in [0.3, 0.4) is 0 Å². The number of hydrogen-bond acceptors (Lipinski definition) is 6. The molecule has 0 aliphatic carbocycles. The summed E-state index contributed by atoms with van der Waals surface area (Å²) in [5, 5.41) is 0.976. The van der Waals surface area contributed by atoms with Gasteiger partial charge in [0.05, 0.1) is 11.2 Å². The highest BCUT2D eigenvalue weighted by atomic mass is 32.2. The van der Waals surface area contributed by atoms with Gasteiger partial charge < -0.3 is 4.74 Å². The van der Waals surface area contributed by atoms with Crippen LogP contribution >= 0.6 is 0 Å². The highest BCUT2D eigenvalue weighted by Gasteiger charge is 2.37. The third kappa shape index (κ3) is 4.94. The molecular formula is C22H23F3N4O3S. The maximum absolute atomic E-state index is 13.1. The van der Waals surface area contributed by atoms with Gasteiger partial charge in [-0.2, -0.15) is 4.31 Å². The number of pyridine rings is 2. The fraction of sp³-hybridized carbons (Fsp3) is 0.364. The fourth-order valence-electron chi connectivity index (χ4n) is 3.98. The Bertz CT molecular complexity index is 1260. The van der Waals surface area contributed by atoms with Gasteiger partial charge in [-0.05, 0) is 44.2 Å². The summed E-state index contributed by atoms with van der Waals surface area (Å²) in [7, 11) is -4.15. The second kappa shape index (κ2) is 8.88. The second-order valence-corrected chi connectivity index (χ2v) is 9.72. The first kappa shape index (κ1) is 23.4. The monoisotopic (exact) mass is 480 g/mol. The minimum atomic E-state index is -4.98. The van der Waals surface area contributed by atoms with Crippen LogP contribution in [0.4, 0.5) is 13.2 Å². The Balaban J connectivity index is 1.49. The SMILES string of the molecule is Cc1nccc2nc(C(C)N3CCN(S(=O)(=O)c4ccccc4OC(F)(F)F)CC3)ccc12. The lowest BCUT2D eigenvalue weighted by Gasteiger charge is -2.37. The maximum atomic E-state index is 13.1. The lowest BCUT2D eigenvalue weighted by Crippen LogP contribution is -2.49. The standard InChI is InChI=1S/C22H23F3N4O3S/c1-15-17-7-8-18(27-19(17)9-10-26-15)16(2)28-11-13-29(14-12-28)33(30,31)21-6-4-3-5-20(21)32-22(23,24)25/h3-10,16H,11-14H2,1-2H3. The molecule has 3 aromatic rings. The quantitative estimate of drug-likeness (QED) is 0.551. The van der Waals surface area contributed by atoms with E-state index in [4.69, 9.17) is 4.98 Å². The molecule has 11 heteroatoms. The first-order valence-corrected chi connectivity index (χ1v) is 11.8. The highest BCUT2D eigenvalue weighted by molar-refractivity contribution is 7.89. The van der Waals surface area contributed by atoms with Crippen LogP contribution in [0.2, 0.25) is 0 Å². The number of fused-ring (bicyclic) bond motifs is 1. The predicted molar refractivity (Wildman–Crippen MR) is 116 cm³/mol. The number of sulfonamides is 1. The molecule has 0 bridgehead atoms. The number of nitrogens with zero attached hydrogens (tertiary/aromatic N) is 4. The van der Waals surface area contributed by atoms with Gasteiger partial charge in [0.2, 0.25) is 10.0 Å². The van der Waals surface area contributed by atoms with Gasteiger partial charge >= 0.3 is 6.36 Å². The number of benzene rings is 1. The highest BCUT2D eigenvalue weighted by Crippen LogP contribution is 2.32. The Morgan fingerprint density at radius 3 is 2.42 bits per heavy atom. The van der Waals surface area contributed by atoms with Crippen LogP contribution < -0.4 is 4.74 Å². The zero-order valence-corrected chi connectivity index (χ0v) is 18.9. The molecule has 0 amide bonds. The largest absolute Gasteiger partial charge is 0.573 e. The molecule has 1 atom stereocenters.